The number of amides is 2. The second-order valence-electron chi connectivity index (χ2n) is 8.77. The van der Waals surface area contributed by atoms with Crippen molar-refractivity contribution >= 4 is 34.5 Å². The summed E-state index contributed by atoms with van der Waals surface area (Å²) in [7, 11) is 0. The number of benzene rings is 2. The fraction of sp³-hybridized carbons (Fsp3) is 0.348. The molecule has 6 heteroatoms. The Labute approximate surface area is 170 Å². The molecule has 3 aromatic rings. The number of aromatic nitrogens is 2. The molecule has 0 aliphatic heterocycles. The summed E-state index contributed by atoms with van der Waals surface area (Å²) < 4.78 is 2.03. The van der Waals surface area contributed by atoms with Crippen LogP contribution < -0.4 is 10.6 Å². The van der Waals surface area contributed by atoms with Crippen LogP contribution in [0.3, 0.4) is 0 Å². The van der Waals surface area contributed by atoms with Gasteiger partial charge in [-0.2, -0.15) is 0 Å². The molecule has 1 aliphatic rings. The van der Waals surface area contributed by atoms with E-state index in [-0.39, 0.29) is 23.3 Å². The van der Waals surface area contributed by atoms with Crippen LogP contribution in [0.15, 0.2) is 48.5 Å². The molecule has 29 heavy (non-hydrogen) atoms. The SMILES string of the molecule is CC1CC1C(=O)Nc1cccc(C(=O)Nc2nc3ccccc3n2C(C)(C)C)c1. The van der Waals surface area contributed by atoms with Crippen LogP contribution in [0.25, 0.3) is 11.0 Å². The fourth-order valence-electron chi connectivity index (χ4n) is 3.62. The molecule has 1 saturated carbocycles. The lowest BCUT2D eigenvalue weighted by molar-refractivity contribution is -0.117. The van der Waals surface area contributed by atoms with Crippen molar-refractivity contribution in [1.29, 1.82) is 0 Å². The number of rotatable bonds is 4. The summed E-state index contributed by atoms with van der Waals surface area (Å²) in [4.78, 5) is 29.7. The van der Waals surface area contributed by atoms with Crippen LogP contribution in [0.1, 0.15) is 44.5 Å². The summed E-state index contributed by atoms with van der Waals surface area (Å²) in [6.07, 6.45) is 0.926. The number of hydrogen-bond acceptors (Lipinski definition) is 3. The van der Waals surface area contributed by atoms with E-state index in [1.165, 1.54) is 0 Å². The molecule has 1 aromatic heterocycles. The summed E-state index contributed by atoms with van der Waals surface area (Å²) >= 11 is 0. The number of imidazole rings is 1. The summed E-state index contributed by atoms with van der Waals surface area (Å²) in [6, 6.07) is 14.8. The number of hydrogen-bond donors (Lipinski definition) is 2. The van der Waals surface area contributed by atoms with Gasteiger partial charge in [0.15, 0.2) is 0 Å². The van der Waals surface area contributed by atoms with E-state index in [1.807, 2.05) is 28.8 Å². The Balaban J connectivity index is 1.59. The van der Waals surface area contributed by atoms with Gasteiger partial charge in [0.05, 0.1) is 11.0 Å². The van der Waals surface area contributed by atoms with Crippen molar-refractivity contribution in [3.63, 3.8) is 0 Å². The summed E-state index contributed by atoms with van der Waals surface area (Å²) in [5, 5.41) is 5.86. The maximum Gasteiger partial charge on any atom is 0.258 e. The molecule has 2 N–H and O–H groups in total. The van der Waals surface area contributed by atoms with Crippen molar-refractivity contribution in [2.24, 2.45) is 11.8 Å². The third kappa shape index (κ3) is 3.88. The van der Waals surface area contributed by atoms with Crippen LogP contribution >= 0.6 is 0 Å². The fourth-order valence-corrected chi connectivity index (χ4v) is 3.62. The van der Waals surface area contributed by atoms with Crippen molar-refractivity contribution < 1.29 is 9.59 Å². The number of nitrogens with one attached hydrogen (secondary N) is 2. The first-order valence-corrected chi connectivity index (χ1v) is 9.94. The van der Waals surface area contributed by atoms with Crippen LogP contribution in [-0.4, -0.2) is 21.4 Å². The summed E-state index contributed by atoms with van der Waals surface area (Å²) in [5.41, 5.74) is 2.65. The molecule has 6 nitrogen and oxygen atoms in total. The molecular weight excluding hydrogens is 364 g/mol. The molecule has 0 saturated heterocycles. The predicted octanol–water partition coefficient (Wildman–Crippen LogP) is 4.64. The lowest BCUT2D eigenvalue weighted by Gasteiger charge is -2.24. The normalized spacial score (nSPS) is 18.5. The van der Waals surface area contributed by atoms with E-state index >= 15 is 0 Å². The Bertz CT molecular complexity index is 1090. The highest BCUT2D eigenvalue weighted by Gasteiger charge is 2.39. The van der Waals surface area contributed by atoms with Crippen LogP contribution in [0.2, 0.25) is 0 Å². The predicted molar refractivity (Wildman–Crippen MR) is 115 cm³/mol. The molecule has 150 valence electrons. The van der Waals surface area contributed by atoms with Crippen molar-refractivity contribution in [2.45, 2.75) is 39.7 Å². The average Bonchev–Trinajstić information content (AvgIpc) is 3.27. The van der Waals surface area contributed by atoms with Gasteiger partial charge in [0.1, 0.15) is 0 Å². The molecule has 2 amide bonds. The maximum absolute atomic E-state index is 12.9. The highest BCUT2D eigenvalue weighted by Crippen LogP contribution is 2.38. The minimum absolute atomic E-state index is 0.0181. The van der Waals surface area contributed by atoms with E-state index in [0.29, 0.717) is 23.1 Å². The lowest BCUT2D eigenvalue weighted by Crippen LogP contribution is -2.26. The molecule has 2 aromatic carbocycles. The number of fused-ring (bicyclic) bond motifs is 1. The Kier molecular flexibility index (Phi) is 4.65. The Morgan fingerprint density at radius 1 is 1.07 bits per heavy atom. The topological polar surface area (TPSA) is 76.0 Å². The highest BCUT2D eigenvalue weighted by molar-refractivity contribution is 6.05. The molecule has 2 unspecified atom stereocenters. The molecule has 0 spiro atoms. The van der Waals surface area contributed by atoms with Gasteiger partial charge >= 0.3 is 0 Å². The molecule has 2 atom stereocenters. The first-order chi connectivity index (χ1) is 13.7. The standard InChI is InChI=1S/C23H26N4O2/c1-14-12-17(14)21(29)24-16-9-7-8-15(13-16)20(28)26-22-25-18-10-5-6-11-19(18)27(22)23(2,3)4/h5-11,13-14,17H,12H2,1-4H3,(H,24,29)(H,25,26,28). The Hall–Kier alpha value is -3.15. The van der Waals surface area contributed by atoms with Crippen molar-refractivity contribution in [3.05, 3.63) is 54.1 Å². The second-order valence-corrected chi connectivity index (χ2v) is 8.77. The van der Waals surface area contributed by atoms with Crippen molar-refractivity contribution in [2.75, 3.05) is 10.6 Å². The van der Waals surface area contributed by atoms with Crippen LogP contribution in [0.4, 0.5) is 11.6 Å². The van der Waals surface area contributed by atoms with Gasteiger partial charge < -0.3 is 9.88 Å². The molecule has 1 heterocycles. The third-order valence-electron chi connectivity index (χ3n) is 5.30. The van der Waals surface area contributed by atoms with Crippen LogP contribution in [0.5, 0.6) is 0 Å². The number of carbonyl (C=O) groups is 2. The van der Waals surface area contributed by atoms with E-state index in [1.54, 1.807) is 24.3 Å². The first kappa shape index (κ1) is 19.2. The van der Waals surface area contributed by atoms with E-state index in [0.717, 1.165) is 17.5 Å². The number of anilines is 2. The number of para-hydroxylation sites is 2. The van der Waals surface area contributed by atoms with Gasteiger partial charge in [0, 0.05) is 22.7 Å². The van der Waals surface area contributed by atoms with Gasteiger partial charge in [-0.15, -0.1) is 0 Å². The molecule has 1 aliphatic carbocycles. The summed E-state index contributed by atoms with van der Waals surface area (Å²) in [6.45, 7) is 8.29. The minimum atomic E-state index is -0.262. The van der Waals surface area contributed by atoms with Crippen molar-refractivity contribution in [3.8, 4) is 0 Å². The zero-order valence-corrected chi connectivity index (χ0v) is 17.2. The Morgan fingerprint density at radius 3 is 2.48 bits per heavy atom. The molecular formula is C23H26N4O2. The molecule has 0 radical (unpaired) electrons. The van der Waals surface area contributed by atoms with Gasteiger partial charge in [-0.25, -0.2) is 4.98 Å². The van der Waals surface area contributed by atoms with Gasteiger partial charge in [-0.3, -0.25) is 14.9 Å². The van der Waals surface area contributed by atoms with E-state index in [4.69, 9.17) is 0 Å². The quantitative estimate of drug-likeness (QED) is 0.681. The third-order valence-corrected chi connectivity index (χ3v) is 5.30. The molecule has 0 bridgehead atoms. The summed E-state index contributed by atoms with van der Waals surface area (Å²) in [5.74, 6) is 0.780. The Morgan fingerprint density at radius 2 is 1.79 bits per heavy atom. The van der Waals surface area contributed by atoms with Gasteiger partial charge in [0.25, 0.3) is 5.91 Å². The monoisotopic (exact) mass is 390 g/mol. The first-order valence-electron chi connectivity index (χ1n) is 9.94. The van der Waals surface area contributed by atoms with Gasteiger partial charge in [0.2, 0.25) is 11.9 Å². The number of carbonyl (C=O) groups excluding carboxylic acids is 2. The zero-order chi connectivity index (χ0) is 20.8. The highest BCUT2D eigenvalue weighted by atomic mass is 16.2. The smallest absolute Gasteiger partial charge is 0.258 e. The van der Waals surface area contributed by atoms with Crippen LogP contribution in [-0.2, 0) is 10.3 Å². The second kappa shape index (κ2) is 7.03. The van der Waals surface area contributed by atoms with E-state index < -0.39 is 0 Å². The molecule has 1 fully saturated rings. The zero-order valence-electron chi connectivity index (χ0n) is 17.2. The largest absolute Gasteiger partial charge is 0.326 e. The molecule has 4 rings (SSSR count). The van der Waals surface area contributed by atoms with Crippen LogP contribution in [0, 0.1) is 11.8 Å². The number of nitrogens with zero attached hydrogens (tertiary/aromatic N) is 2. The van der Waals surface area contributed by atoms with Crippen molar-refractivity contribution in [1.82, 2.24) is 9.55 Å². The van der Waals surface area contributed by atoms with Gasteiger partial charge in [-0.05, 0) is 63.4 Å². The lowest BCUT2D eigenvalue weighted by atomic mass is 10.1. The minimum Gasteiger partial charge on any atom is -0.326 e. The van der Waals surface area contributed by atoms with E-state index in [2.05, 4.69) is 43.3 Å². The average molecular weight is 390 g/mol. The maximum atomic E-state index is 12.9. The van der Waals surface area contributed by atoms with E-state index in [9.17, 15) is 9.59 Å². The van der Waals surface area contributed by atoms with Gasteiger partial charge in [-0.1, -0.05) is 25.1 Å².